The Labute approximate surface area is 112 Å². The fraction of sp³-hybridized carbons (Fsp3) is 0.571. The molecule has 1 aromatic carbocycles. The molecule has 0 radical (unpaired) electrons. The molecule has 1 heterocycles. The molecule has 1 fully saturated rings. The van der Waals surface area contributed by atoms with Crippen molar-refractivity contribution in [2.45, 2.75) is 19.1 Å². The van der Waals surface area contributed by atoms with Crippen molar-refractivity contribution >= 4 is 0 Å². The predicted molar refractivity (Wildman–Crippen MR) is 70.0 cm³/mol. The Morgan fingerprint density at radius 1 is 1.47 bits per heavy atom. The number of halogens is 2. The van der Waals surface area contributed by atoms with Gasteiger partial charge in [-0.15, -0.1) is 0 Å². The van der Waals surface area contributed by atoms with E-state index in [0.29, 0.717) is 18.7 Å². The highest BCUT2D eigenvalue weighted by atomic mass is 19.1. The first-order chi connectivity index (χ1) is 9.08. The first kappa shape index (κ1) is 14.4. The van der Waals surface area contributed by atoms with E-state index in [1.54, 1.807) is 0 Å². The highest BCUT2D eigenvalue weighted by Gasteiger charge is 2.21. The van der Waals surface area contributed by atoms with E-state index in [1.165, 1.54) is 12.1 Å². The van der Waals surface area contributed by atoms with Crippen molar-refractivity contribution in [2.24, 2.45) is 0 Å². The molecule has 2 unspecified atom stereocenters. The lowest BCUT2D eigenvalue weighted by Crippen LogP contribution is -2.44. The monoisotopic (exact) mass is 270 g/mol. The summed E-state index contributed by atoms with van der Waals surface area (Å²) in [4.78, 5) is 1.98. The minimum absolute atomic E-state index is 0.0952. The molecule has 1 N–H and O–H groups in total. The van der Waals surface area contributed by atoms with Gasteiger partial charge in [0.25, 0.3) is 0 Å². The summed E-state index contributed by atoms with van der Waals surface area (Å²) in [5.74, 6) is -0.782. The largest absolute Gasteiger partial charge is 0.374 e. The first-order valence-electron chi connectivity index (χ1n) is 6.55. The van der Waals surface area contributed by atoms with E-state index in [4.69, 9.17) is 4.74 Å². The number of hydrogen-bond acceptors (Lipinski definition) is 3. The van der Waals surface area contributed by atoms with Gasteiger partial charge in [-0.25, -0.2) is 8.78 Å². The van der Waals surface area contributed by atoms with Crippen molar-refractivity contribution in [3.05, 3.63) is 35.4 Å². The molecule has 1 aromatic rings. The van der Waals surface area contributed by atoms with Gasteiger partial charge >= 0.3 is 0 Å². The Morgan fingerprint density at radius 3 is 2.95 bits per heavy atom. The van der Waals surface area contributed by atoms with E-state index < -0.39 is 5.82 Å². The lowest BCUT2D eigenvalue weighted by Gasteiger charge is -2.31. The van der Waals surface area contributed by atoms with Crippen LogP contribution in [-0.2, 0) is 4.74 Å². The summed E-state index contributed by atoms with van der Waals surface area (Å²) in [5, 5.41) is 3.25. The number of benzene rings is 1. The SMILES string of the molecule is CC(c1cc(F)ccc1F)N(C)CC1CNCCO1. The molecular formula is C14H20F2N2O. The normalized spacial score (nSPS) is 21.6. The molecule has 1 aliphatic heterocycles. The quantitative estimate of drug-likeness (QED) is 0.905. The average molecular weight is 270 g/mol. The standard InChI is InChI=1S/C14H20F2N2O/c1-10(13-7-11(15)3-4-14(13)16)18(2)9-12-8-17-5-6-19-12/h3-4,7,10,12,17H,5-6,8-9H2,1-2H3. The van der Waals surface area contributed by atoms with Crippen LogP contribution in [0.15, 0.2) is 18.2 Å². The summed E-state index contributed by atoms with van der Waals surface area (Å²) in [7, 11) is 1.90. The van der Waals surface area contributed by atoms with Gasteiger partial charge in [-0.05, 0) is 32.2 Å². The predicted octanol–water partition coefficient (Wildman–Crippen LogP) is 1.95. The molecule has 1 aliphatic rings. The summed E-state index contributed by atoms with van der Waals surface area (Å²) >= 11 is 0. The van der Waals surface area contributed by atoms with Crippen molar-refractivity contribution in [3.8, 4) is 0 Å². The summed E-state index contributed by atoms with van der Waals surface area (Å²) in [6, 6.07) is 3.38. The Bertz CT molecular complexity index is 422. The Kier molecular flexibility index (Phi) is 4.85. The molecule has 2 rings (SSSR count). The summed E-state index contributed by atoms with van der Waals surface area (Å²) < 4.78 is 32.5. The van der Waals surface area contributed by atoms with Gasteiger partial charge in [0.2, 0.25) is 0 Å². The van der Waals surface area contributed by atoms with Crippen LogP contribution < -0.4 is 5.32 Å². The van der Waals surface area contributed by atoms with E-state index in [2.05, 4.69) is 5.32 Å². The molecule has 0 spiro atoms. The van der Waals surface area contributed by atoms with Gasteiger partial charge < -0.3 is 10.1 Å². The number of ether oxygens (including phenoxy) is 1. The molecule has 5 heteroatoms. The zero-order chi connectivity index (χ0) is 13.8. The molecule has 0 aliphatic carbocycles. The third-order valence-corrected chi connectivity index (χ3v) is 3.57. The third-order valence-electron chi connectivity index (χ3n) is 3.57. The Balaban J connectivity index is 2.01. The van der Waals surface area contributed by atoms with Crippen LogP contribution in [0.5, 0.6) is 0 Å². The lowest BCUT2D eigenvalue weighted by atomic mass is 10.1. The number of morpholine rings is 1. The van der Waals surface area contributed by atoms with Crippen LogP contribution in [0.2, 0.25) is 0 Å². The summed E-state index contributed by atoms with van der Waals surface area (Å²) in [6.07, 6.45) is 0.0952. The Morgan fingerprint density at radius 2 is 2.26 bits per heavy atom. The number of nitrogens with one attached hydrogen (secondary N) is 1. The van der Waals surface area contributed by atoms with E-state index >= 15 is 0 Å². The van der Waals surface area contributed by atoms with Crippen molar-refractivity contribution in [1.82, 2.24) is 10.2 Å². The molecular weight excluding hydrogens is 250 g/mol. The summed E-state index contributed by atoms with van der Waals surface area (Å²) in [6.45, 7) is 4.91. The van der Waals surface area contributed by atoms with Crippen molar-refractivity contribution < 1.29 is 13.5 Å². The molecule has 106 valence electrons. The fourth-order valence-corrected chi connectivity index (χ4v) is 2.29. The maximum Gasteiger partial charge on any atom is 0.128 e. The fourth-order valence-electron chi connectivity index (χ4n) is 2.29. The van der Waals surface area contributed by atoms with Crippen LogP contribution in [0.25, 0.3) is 0 Å². The van der Waals surface area contributed by atoms with Crippen LogP contribution in [0.1, 0.15) is 18.5 Å². The van der Waals surface area contributed by atoms with Gasteiger partial charge in [0.15, 0.2) is 0 Å². The van der Waals surface area contributed by atoms with Crippen LogP contribution in [0.4, 0.5) is 8.78 Å². The highest BCUT2D eigenvalue weighted by molar-refractivity contribution is 5.21. The third kappa shape index (κ3) is 3.72. The van der Waals surface area contributed by atoms with E-state index in [1.807, 2.05) is 18.9 Å². The molecule has 0 bridgehead atoms. The molecule has 0 saturated carbocycles. The number of rotatable bonds is 4. The molecule has 1 saturated heterocycles. The minimum atomic E-state index is -0.410. The number of hydrogen-bond donors (Lipinski definition) is 1. The lowest BCUT2D eigenvalue weighted by molar-refractivity contribution is 0.00368. The van der Waals surface area contributed by atoms with Gasteiger partial charge in [-0.3, -0.25) is 4.90 Å². The zero-order valence-electron chi connectivity index (χ0n) is 11.3. The van der Waals surface area contributed by atoms with Gasteiger partial charge in [0, 0.05) is 31.2 Å². The van der Waals surface area contributed by atoms with Gasteiger partial charge in [-0.2, -0.15) is 0 Å². The minimum Gasteiger partial charge on any atom is -0.374 e. The molecule has 19 heavy (non-hydrogen) atoms. The van der Waals surface area contributed by atoms with Gasteiger partial charge in [0.05, 0.1) is 12.7 Å². The second kappa shape index (κ2) is 6.41. The summed E-state index contributed by atoms with van der Waals surface area (Å²) in [5.41, 5.74) is 0.381. The number of likely N-dealkylation sites (N-methyl/N-ethyl adjacent to an activating group) is 1. The van der Waals surface area contributed by atoms with Crippen molar-refractivity contribution in [3.63, 3.8) is 0 Å². The molecule has 0 aromatic heterocycles. The number of nitrogens with zero attached hydrogens (tertiary/aromatic N) is 1. The van der Waals surface area contributed by atoms with Crippen LogP contribution in [0, 0.1) is 11.6 Å². The van der Waals surface area contributed by atoms with Crippen LogP contribution >= 0.6 is 0 Å². The zero-order valence-corrected chi connectivity index (χ0v) is 11.3. The Hall–Kier alpha value is -1.04. The topological polar surface area (TPSA) is 24.5 Å². The molecule has 2 atom stereocenters. The van der Waals surface area contributed by atoms with Crippen molar-refractivity contribution in [2.75, 3.05) is 33.3 Å². The maximum absolute atomic E-state index is 13.7. The molecule has 3 nitrogen and oxygen atoms in total. The van der Waals surface area contributed by atoms with Crippen molar-refractivity contribution in [1.29, 1.82) is 0 Å². The van der Waals surface area contributed by atoms with E-state index in [-0.39, 0.29) is 18.0 Å². The van der Waals surface area contributed by atoms with E-state index in [9.17, 15) is 8.78 Å². The maximum atomic E-state index is 13.7. The second-order valence-electron chi connectivity index (χ2n) is 4.98. The van der Waals surface area contributed by atoms with Gasteiger partial charge in [-0.1, -0.05) is 0 Å². The van der Waals surface area contributed by atoms with Crippen LogP contribution in [-0.4, -0.2) is 44.3 Å². The second-order valence-corrected chi connectivity index (χ2v) is 4.98. The first-order valence-corrected chi connectivity index (χ1v) is 6.55. The smallest absolute Gasteiger partial charge is 0.128 e. The average Bonchev–Trinajstić information content (AvgIpc) is 2.42. The highest BCUT2D eigenvalue weighted by Crippen LogP contribution is 2.23. The van der Waals surface area contributed by atoms with Crippen LogP contribution in [0.3, 0.4) is 0 Å². The van der Waals surface area contributed by atoms with Gasteiger partial charge in [0.1, 0.15) is 11.6 Å². The van der Waals surface area contributed by atoms with E-state index in [0.717, 1.165) is 19.2 Å². The molecule has 0 amide bonds.